The Labute approximate surface area is 172 Å². The molecule has 0 bridgehead atoms. The third-order valence-electron chi connectivity index (χ3n) is 3.27. The summed E-state index contributed by atoms with van der Waals surface area (Å²) in [6.45, 7) is 4.51. The predicted molar refractivity (Wildman–Crippen MR) is 110 cm³/mol. The molecular formula is C17H27IN2O7. The van der Waals surface area contributed by atoms with E-state index in [0.717, 1.165) is 11.0 Å². The van der Waals surface area contributed by atoms with Gasteiger partial charge >= 0.3 is 0 Å². The van der Waals surface area contributed by atoms with Gasteiger partial charge in [-0.2, -0.15) is 0 Å². The van der Waals surface area contributed by atoms with Crippen LogP contribution in [0.15, 0.2) is 18.2 Å². The van der Waals surface area contributed by atoms with Gasteiger partial charge in [0.05, 0.1) is 69.5 Å². The second-order valence-corrected chi connectivity index (χ2v) is 6.25. The molecule has 1 aromatic carbocycles. The van der Waals surface area contributed by atoms with Crippen LogP contribution in [0.3, 0.4) is 0 Å². The topological polar surface area (TPSA) is 101 Å². The zero-order chi connectivity index (χ0) is 19.7. The Bertz CT molecular complexity index is 534. The van der Waals surface area contributed by atoms with Crippen molar-refractivity contribution in [3.05, 3.63) is 28.3 Å². The Balaban J connectivity index is 2.01. The van der Waals surface area contributed by atoms with E-state index in [9.17, 15) is 10.1 Å². The van der Waals surface area contributed by atoms with Crippen LogP contribution in [0.2, 0.25) is 0 Å². The molecule has 0 radical (unpaired) electrons. The van der Waals surface area contributed by atoms with E-state index in [4.69, 9.17) is 23.7 Å². The Morgan fingerprint density at radius 2 is 1.44 bits per heavy atom. The number of nitro groups is 1. The number of anilines is 1. The molecule has 0 atom stereocenters. The van der Waals surface area contributed by atoms with Gasteiger partial charge < -0.3 is 29.0 Å². The lowest BCUT2D eigenvalue weighted by atomic mass is 10.2. The molecule has 0 saturated heterocycles. The van der Waals surface area contributed by atoms with Crippen molar-refractivity contribution in [2.45, 2.75) is 0 Å². The maximum absolute atomic E-state index is 10.8. The van der Waals surface area contributed by atoms with E-state index >= 15 is 0 Å². The number of rotatable bonds is 17. The van der Waals surface area contributed by atoms with E-state index < -0.39 is 4.92 Å². The first-order valence-corrected chi connectivity index (χ1v) is 10.2. The number of halogens is 1. The van der Waals surface area contributed by atoms with Gasteiger partial charge in [0.15, 0.2) is 0 Å². The molecule has 27 heavy (non-hydrogen) atoms. The number of nitro benzene ring substituents is 1. The molecule has 0 aliphatic rings. The summed E-state index contributed by atoms with van der Waals surface area (Å²) in [6, 6.07) is 4.43. The summed E-state index contributed by atoms with van der Waals surface area (Å²) in [6.07, 6.45) is 0. The molecule has 10 heteroatoms. The van der Waals surface area contributed by atoms with Crippen molar-refractivity contribution >= 4 is 34.0 Å². The van der Waals surface area contributed by atoms with Gasteiger partial charge in [-0.25, -0.2) is 0 Å². The van der Waals surface area contributed by atoms with Gasteiger partial charge in [0.25, 0.3) is 5.69 Å². The molecule has 1 N–H and O–H groups in total. The zero-order valence-electron chi connectivity index (χ0n) is 15.5. The fraction of sp³-hybridized carbons (Fsp3) is 0.647. The van der Waals surface area contributed by atoms with Crippen LogP contribution in [-0.2, 0) is 18.9 Å². The van der Waals surface area contributed by atoms with Gasteiger partial charge in [0, 0.05) is 17.5 Å². The number of benzene rings is 1. The fourth-order valence-corrected chi connectivity index (χ4v) is 2.29. The van der Waals surface area contributed by atoms with Gasteiger partial charge in [-0.1, -0.05) is 22.6 Å². The van der Waals surface area contributed by atoms with E-state index in [-0.39, 0.29) is 12.3 Å². The lowest BCUT2D eigenvalue weighted by Gasteiger charge is -2.11. The maximum Gasteiger partial charge on any atom is 0.273 e. The molecule has 154 valence electrons. The molecule has 0 fully saturated rings. The number of hydrogen-bond acceptors (Lipinski definition) is 8. The molecule has 1 rings (SSSR count). The average molecular weight is 498 g/mol. The van der Waals surface area contributed by atoms with Crippen LogP contribution in [0.25, 0.3) is 0 Å². The summed E-state index contributed by atoms with van der Waals surface area (Å²) in [5.74, 6) is 0.422. The van der Waals surface area contributed by atoms with Crippen molar-refractivity contribution < 1.29 is 28.6 Å². The van der Waals surface area contributed by atoms with Gasteiger partial charge in [-0.05, 0) is 6.07 Å². The molecule has 0 saturated carbocycles. The van der Waals surface area contributed by atoms with Crippen molar-refractivity contribution in [1.82, 2.24) is 0 Å². The Morgan fingerprint density at radius 3 is 1.93 bits per heavy atom. The largest absolute Gasteiger partial charge is 0.489 e. The number of nitrogens with one attached hydrogen (secondary N) is 1. The van der Waals surface area contributed by atoms with Crippen LogP contribution < -0.4 is 10.1 Å². The van der Waals surface area contributed by atoms with Gasteiger partial charge in [-0.3, -0.25) is 10.1 Å². The van der Waals surface area contributed by atoms with Crippen LogP contribution in [-0.4, -0.2) is 75.9 Å². The number of alkyl halides is 1. The van der Waals surface area contributed by atoms with Gasteiger partial charge in [0.2, 0.25) is 0 Å². The van der Waals surface area contributed by atoms with Crippen LogP contribution in [0, 0.1) is 10.1 Å². The highest BCUT2D eigenvalue weighted by molar-refractivity contribution is 14.1. The molecule has 0 aliphatic carbocycles. The smallest absolute Gasteiger partial charge is 0.273 e. The van der Waals surface area contributed by atoms with Crippen molar-refractivity contribution in [1.29, 1.82) is 0 Å². The van der Waals surface area contributed by atoms with Crippen molar-refractivity contribution in [2.75, 3.05) is 76.3 Å². The first-order valence-electron chi connectivity index (χ1n) is 8.65. The summed E-state index contributed by atoms with van der Waals surface area (Å²) >= 11 is 2.26. The minimum atomic E-state index is -0.457. The van der Waals surface area contributed by atoms with Crippen molar-refractivity contribution in [3.8, 4) is 5.75 Å². The normalized spacial score (nSPS) is 10.7. The highest BCUT2D eigenvalue weighted by Crippen LogP contribution is 2.28. The number of non-ortho nitro benzene ring substituents is 1. The second-order valence-electron chi connectivity index (χ2n) is 5.17. The van der Waals surface area contributed by atoms with Crippen LogP contribution in [0.4, 0.5) is 11.4 Å². The van der Waals surface area contributed by atoms with Crippen LogP contribution in [0.1, 0.15) is 0 Å². The summed E-state index contributed by atoms with van der Waals surface area (Å²) < 4.78 is 28.0. The third kappa shape index (κ3) is 11.3. The number of ether oxygens (including phenoxy) is 5. The first-order chi connectivity index (χ1) is 13.2. The minimum absolute atomic E-state index is 0.0166. The molecule has 0 aliphatic heterocycles. The maximum atomic E-state index is 10.8. The molecule has 0 aromatic heterocycles. The number of nitrogens with zero attached hydrogens (tertiary/aromatic N) is 1. The quantitative estimate of drug-likeness (QED) is 0.115. The Morgan fingerprint density at radius 1 is 0.926 bits per heavy atom. The SMILES string of the molecule is CNc1ccc([N+](=O)[O-])cc1OCCOCCOCCOCCOCCI. The monoisotopic (exact) mass is 498 g/mol. The predicted octanol–water partition coefficient (Wildman–Crippen LogP) is 2.52. The van der Waals surface area contributed by atoms with E-state index in [1.807, 2.05) is 0 Å². The highest BCUT2D eigenvalue weighted by Gasteiger charge is 2.11. The highest BCUT2D eigenvalue weighted by atomic mass is 127. The van der Waals surface area contributed by atoms with Gasteiger partial charge in [0.1, 0.15) is 12.4 Å². The molecule has 0 unspecified atom stereocenters. The van der Waals surface area contributed by atoms with Crippen LogP contribution >= 0.6 is 22.6 Å². The summed E-state index contributed by atoms with van der Waals surface area (Å²) in [4.78, 5) is 10.4. The van der Waals surface area contributed by atoms with E-state index in [1.54, 1.807) is 13.1 Å². The molecule has 1 aromatic rings. The molecule has 9 nitrogen and oxygen atoms in total. The number of hydrogen-bond donors (Lipinski definition) is 1. The lowest BCUT2D eigenvalue weighted by Crippen LogP contribution is -2.14. The van der Waals surface area contributed by atoms with Crippen LogP contribution in [0.5, 0.6) is 5.75 Å². The zero-order valence-corrected chi connectivity index (χ0v) is 17.6. The van der Waals surface area contributed by atoms with E-state index in [0.29, 0.717) is 57.7 Å². The van der Waals surface area contributed by atoms with E-state index in [2.05, 4.69) is 27.9 Å². The molecule has 0 heterocycles. The molecule has 0 spiro atoms. The third-order valence-corrected chi connectivity index (χ3v) is 3.71. The van der Waals surface area contributed by atoms with Crippen molar-refractivity contribution in [3.63, 3.8) is 0 Å². The molecular weight excluding hydrogens is 471 g/mol. The lowest BCUT2D eigenvalue weighted by molar-refractivity contribution is -0.384. The average Bonchev–Trinajstić information content (AvgIpc) is 2.68. The minimum Gasteiger partial charge on any atom is -0.489 e. The molecule has 0 amide bonds. The second kappa shape index (κ2) is 15.8. The first kappa shape index (κ1) is 23.8. The summed E-state index contributed by atoms with van der Waals surface area (Å²) in [5.41, 5.74) is 0.667. The van der Waals surface area contributed by atoms with Gasteiger partial charge in [-0.15, -0.1) is 0 Å². The standard InChI is InChI=1S/C17H27IN2O7/c1-19-16-3-2-15(20(21)22)14-17(16)27-13-12-26-11-10-25-9-8-24-7-6-23-5-4-18/h2-3,14,19H,4-13H2,1H3. The fourth-order valence-electron chi connectivity index (χ4n) is 1.98. The summed E-state index contributed by atoms with van der Waals surface area (Å²) in [5, 5.41) is 13.8. The van der Waals surface area contributed by atoms with E-state index in [1.165, 1.54) is 12.1 Å². The summed E-state index contributed by atoms with van der Waals surface area (Å²) in [7, 11) is 1.73. The Hall–Kier alpha value is -1.21. The Kier molecular flexibility index (Phi) is 14.0. The van der Waals surface area contributed by atoms with Crippen molar-refractivity contribution in [2.24, 2.45) is 0 Å².